The normalized spacial score (nSPS) is 10.6. The molecule has 0 N–H and O–H groups in total. The van der Waals surface area contributed by atoms with E-state index in [4.69, 9.17) is 30.7 Å². The van der Waals surface area contributed by atoms with Crippen molar-refractivity contribution in [1.29, 1.82) is 0 Å². The molecular weight excluding hydrogens is 419 g/mol. The zero-order chi connectivity index (χ0) is 20.9. The summed E-state index contributed by atoms with van der Waals surface area (Å²) < 4.78 is 21.7. The van der Waals surface area contributed by atoms with E-state index >= 15 is 0 Å². The maximum atomic E-state index is 12.0. The van der Waals surface area contributed by atoms with E-state index in [0.717, 1.165) is 5.56 Å². The highest BCUT2D eigenvalue weighted by Crippen LogP contribution is 2.45. The number of thioether (sulfide) groups is 1. The molecule has 9 heteroatoms. The predicted octanol–water partition coefficient (Wildman–Crippen LogP) is 4.87. The number of carbonyl (C=O) groups excluding carboxylic acids is 2. The summed E-state index contributed by atoms with van der Waals surface area (Å²) in [5.41, 5.74) is 1.74. The zero-order valence-electron chi connectivity index (χ0n) is 16.3. The monoisotopic (exact) mass is 444 g/mol. The second kappa shape index (κ2) is 13.8. The van der Waals surface area contributed by atoms with Gasteiger partial charge < -0.3 is 18.5 Å². The van der Waals surface area contributed by atoms with E-state index in [1.54, 1.807) is 19.1 Å². The second-order valence-corrected chi connectivity index (χ2v) is 9.13. The van der Waals surface area contributed by atoms with Gasteiger partial charge in [-0.25, -0.2) is 9.59 Å². The highest BCUT2D eigenvalue weighted by molar-refractivity contribution is 8.34. The van der Waals surface area contributed by atoms with Gasteiger partial charge >= 0.3 is 11.9 Å². The third kappa shape index (κ3) is 9.26. The molecule has 1 aromatic rings. The number of hydrogen-bond acceptors (Lipinski definition) is 8. The minimum atomic E-state index is -1.17. The van der Waals surface area contributed by atoms with E-state index in [1.165, 1.54) is 11.8 Å². The Hall–Kier alpha value is -1.31. The average Bonchev–Trinajstić information content (AvgIpc) is 2.69. The minimum absolute atomic E-state index is 0.00769. The SMILES string of the molecule is C=C(C)C(=O)OCCOC(=O)c1ccc(CSC(=S)P(OCC)OCC)cc1. The summed E-state index contributed by atoms with van der Waals surface area (Å²) in [5.74, 6) is -0.324. The average molecular weight is 445 g/mol. The fourth-order valence-electron chi connectivity index (χ4n) is 1.79. The summed E-state index contributed by atoms with van der Waals surface area (Å²) in [5, 5.41) is 0. The van der Waals surface area contributed by atoms with Crippen LogP contribution in [0.4, 0.5) is 0 Å². The predicted molar refractivity (Wildman–Crippen MR) is 117 cm³/mol. The summed E-state index contributed by atoms with van der Waals surface area (Å²) >= 11 is 6.88. The molecule has 0 radical (unpaired) electrons. The van der Waals surface area contributed by atoms with E-state index in [0.29, 0.717) is 34.0 Å². The lowest BCUT2D eigenvalue weighted by molar-refractivity contribution is -0.140. The lowest BCUT2D eigenvalue weighted by Gasteiger charge is -2.15. The molecule has 0 fully saturated rings. The Morgan fingerprint density at radius 3 is 2.18 bits per heavy atom. The highest BCUT2D eigenvalue weighted by Gasteiger charge is 2.17. The van der Waals surface area contributed by atoms with Crippen molar-refractivity contribution >= 4 is 48.2 Å². The number of carbonyl (C=O) groups is 2. The minimum Gasteiger partial charge on any atom is -0.459 e. The molecule has 0 aliphatic heterocycles. The number of esters is 2. The molecule has 0 heterocycles. The lowest BCUT2D eigenvalue weighted by Crippen LogP contribution is -2.14. The Morgan fingerprint density at radius 2 is 1.64 bits per heavy atom. The molecule has 0 aromatic heterocycles. The summed E-state index contributed by atoms with van der Waals surface area (Å²) in [4.78, 5) is 23.2. The Kier molecular flexibility index (Phi) is 12.2. The second-order valence-electron chi connectivity index (χ2n) is 5.40. The molecule has 1 aromatic carbocycles. The Labute approximate surface area is 176 Å². The van der Waals surface area contributed by atoms with Crippen molar-refractivity contribution in [2.24, 2.45) is 0 Å². The van der Waals surface area contributed by atoms with E-state index < -0.39 is 20.3 Å². The molecule has 0 aliphatic rings. The first-order chi connectivity index (χ1) is 13.4. The standard InChI is InChI=1S/C19H25O6PS2/c1-5-24-26(25-6-2)19(27)28-13-15-7-9-16(10-8-15)18(21)23-12-11-22-17(20)14(3)4/h7-10H,3,5-6,11-13H2,1-2,4H3. The Balaban J connectivity index is 2.43. The van der Waals surface area contributed by atoms with Gasteiger partial charge in [-0.15, -0.1) is 11.8 Å². The van der Waals surface area contributed by atoms with Crippen LogP contribution in [0, 0.1) is 0 Å². The fourth-order valence-corrected chi connectivity index (χ4v) is 4.45. The number of ether oxygens (including phenoxy) is 2. The van der Waals surface area contributed by atoms with Gasteiger partial charge in [0, 0.05) is 11.3 Å². The zero-order valence-corrected chi connectivity index (χ0v) is 18.8. The van der Waals surface area contributed by atoms with Gasteiger partial charge in [0.25, 0.3) is 0 Å². The summed E-state index contributed by atoms with van der Waals surface area (Å²) in [6.07, 6.45) is 0. The van der Waals surface area contributed by atoms with Gasteiger partial charge in [0.15, 0.2) is 0 Å². The van der Waals surface area contributed by atoms with Crippen LogP contribution in [0.25, 0.3) is 0 Å². The van der Waals surface area contributed by atoms with E-state index in [-0.39, 0.29) is 13.2 Å². The lowest BCUT2D eigenvalue weighted by atomic mass is 10.1. The molecule has 1 rings (SSSR count). The van der Waals surface area contributed by atoms with Crippen LogP contribution in [-0.2, 0) is 29.1 Å². The third-order valence-corrected chi connectivity index (χ3v) is 6.74. The summed E-state index contributed by atoms with van der Waals surface area (Å²) in [7, 11) is -1.17. The Morgan fingerprint density at radius 1 is 1.07 bits per heavy atom. The molecule has 0 spiro atoms. The van der Waals surface area contributed by atoms with Gasteiger partial charge in [0.1, 0.15) is 17.2 Å². The fraction of sp³-hybridized carbons (Fsp3) is 0.421. The maximum absolute atomic E-state index is 12.0. The number of rotatable bonds is 12. The molecule has 0 atom stereocenters. The smallest absolute Gasteiger partial charge is 0.338 e. The van der Waals surface area contributed by atoms with Crippen LogP contribution < -0.4 is 0 Å². The molecule has 0 aliphatic carbocycles. The summed E-state index contributed by atoms with van der Waals surface area (Å²) in [6, 6.07) is 7.07. The first-order valence-electron chi connectivity index (χ1n) is 8.70. The van der Waals surface area contributed by atoms with Gasteiger partial charge in [-0.1, -0.05) is 30.9 Å². The van der Waals surface area contributed by atoms with Crippen molar-refractivity contribution in [3.8, 4) is 0 Å². The van der Waals surface area contributed by atoms with Gasteiger partial charge in [0.2, 0.25) is 8.38 Å². The first-order valence-corrected chi connectivity index (χ1v) is 11.3. The molecule has 0 saturated carbocycles. The highest BCUT2D eigenvalue weighted by atomic mass is 32.2. The molecule has 0 unspecified atom stereocenters. The number of thiocarbonyl (C=S) groups is 1. The van der Waals surface area contributed by atoms with Crippen molar-refractivity contribution in [2.75, 3.05) is 26.4 Å². The van der Waals surface area contributed by atoms with E-state index in [2.05, 4.69) is 6.58 Å². The topological polar surface area (TPSA) is 71.1 Å². The van der Waals surface area contributed by atoms with Gasteiger partial charge in [0.05, 0.1) is 18.8 Å². The van der Waals surface area contributed by atoms with Crippen LogP contribution in [-0.4, -0.2) is 42.3 Å². The molecular formula is C19H25O6PS2. The van der Waals surface area contributed by atoms with Gasteiger partial charge in [-0.2, -0.15) is 0 Å². The van der Waals surface area contributed by atoms with Crippen molar-refractivity contribution in [2.45, 2.75) is 26.5 Å². The summed E-state index contributed by atoms with van der Waals surface area (Å²) in [6.45, 7) is 9.92. The number of hydrogen-bond donors (Lipinski definition) is 0. The van der Waals surface area contributed by atoms with E-state index in [1.807, 2.05) is 26.0 Å². The van der Waals surface area contributed by atoms with Crippen LogP contribution in [0.3, 0.4) is 0 Å². The van der Waals surface area contributed by atoms with Crippen molar-refractivity contribution in [3.05, 3.63) is 47.5 Å². The van der Waals surface area contributed by atoms with Crippen molar-refractivity contribution in [1.82, 2.24) is 0 Å². The largest absolute Gasteiger partial charge is 0.459 e. The third-order valence-electron chi connectivity index (χ3n) is 3.09. The van der Waals surface area contributed by atoms with Crippen LogP contribution in [0.1, 0.15) is 36.7 Å². The van der Waals surface area contributed by atoms with Crippen molar-refractivity contribution in [3.63, 3.8) is 0 Å². The molecule has 0 saturated heterocycles. The van der Waals surface area contributed by atoms with Gasteiger partial charge in [-0.3, -0.25) is 0 Å². The first kappa shape index (κ1) is 24.7. The van der Waals surface area contributed by atoms with Crippen LogP contribution in [0.2, 0.25) is 0 Å². The maximum Gasteiger partial charge on any atom is 0.338 e. The van der Waals surface area contributed by atoms with Gasteiger partial charge in [-0.05, 0) is 38.5 Å². The number of benzene rings is 1. The van der Waals surface area contributed by atoms with Crippen LogP contribution in [0.15, 0.2) is 36.4 Å². The molecule has 28 heavy (non-hydrogen) atoms. The van der Waals surface area contributed by atoms with E-state index in [9.17, 15) is 9.59 Å². The quantitative estimate of drug-likeness (QED) is 0.149. The Bertz CT molecular complexity index is 672. The molecule has 0 bridgehead atoms. The molecule has 6 nitrogen and oxygen atoms in total. The van der Waals surface area contributed by atoms with Crippen molar-refractivity contribution < 1.29 is 28.1 Å². The molecule has 154 valence electrons. The van der Waals surface area contributed by atoms with Crippen LogP contribution >= 0.6 is 32.4 Å². The molecule has 0 amide bonds. The van der Waals surface area contributed by atoms with Crippen LogP contribution in [0.5, 0.6) is 0 Å².